The van der Waals surface area contributed by atoms with Crippen molar-refractivity contribution in [3.63, 3.8) is 0 Å². The molecule has 1 amide bonds. The Kier molecular flexibility index (Phi) is 4.88. The molecule has 0 saturated heterocycles. The summed E-state index contributed by atoms with van der Waals surface area (Å²) in [5.74, 6) is -0.921. The van der Waals surface area contributed by atoms with Gasteiger partial charge in [-0.15, -0.1) is 0 Å². The number of ether oxygens (including phenoxy) is 1. The van der Waals surface area contributed by atoms with Crippen LogP contribution in [0.15, 0.2) is 22.8 Å². The molecule has 104 valence electrons. The topological polar surface area (TPSA) is 79.7 Å². The standard InChI is InChI=1S/C12H15BrN2O4/c1-12(2,3)19-11(18)15(7-10(16)17)9-5-4-8(13)6-14-9/h4-6H,7H2,1-3H3,(H,16,17). The molecule has 0 aliphatic heterocycles. The first-order valence-corrected chi connectivity index (χ1v) is 6.32. The Balaban J connectivity index is 2.97. The minimum atomic E-state index is -1.14. The molecule has 1 N–H and O–H groups in total. The Morgan fingerprint density at radius 3 is 2.47 bits per heavy atom. The van der Waals surface area contributed by atoms with Gasteiger partial charge in [-0.1, -0.05) is 0 Å². The Labute approximate surface area is 119 Å². The van der Waals surface area contributed by atoms with Crippen LogP contribution in [0.25, 0.3) is 0 Å². The van der Waals surface area contributed by atoms with Crippen molar-refractivity contribution in [2.45, 2.75) is 26.4 Å². The number of nitrogens with zero attached hydrogens (tertiary/aromatic N) is 2. The third kappa shape index (κ3) is 5.25. The van der Waals surface area contributed by atoms with Gasteiger partial charge >= 0.3 is 12.1 Å². The summed E-state index contributed by atoms with van der Waals surface area (Å²) in [7, 11) is 0. The number of hydrogen-bond acceptors (Lipinski definition) is 4. The van der Waals surface area contributed by atoms with Crippen LogP contribution in [0.5, 0.6) is 0 Å². The number of amides is 1. The van der Waals surface area contributed by atoms with Crippen molar-refractivity contribution in [3.05, 3.63) is 22.8 Å². The number of anilines is 1. The number of halogens is 1. The molecular formula is C12H15BrN2O4. The van der Waals surface area contributed by atoms with Crippen LogP contribution in [0, 0.1) is 0 Å². The number of aliphatic carboxylic acids is 1. The molecule has 0 aliphatic carbocycles. The highest BCUT2D eigenvalue weighted by Crippen LogP contribution is 2.18. The molecule has 0 aliphatic rings. The summed E-state index contributed by atoms with van der Waals surface area (Å²) in [6, 6.07) is 3.21. The average molecular weight is 331 g/mol. The van der Waals surface area contributed by atoms with E-state index in [1.807, 2.05) is 0 Å². The van der Waals surface area contributed by atoms with Crippen LogP contribution in [0.4, 0.5) is 10.6 Å². The van der Waals surface area contributed by atoms with E-state index >= 15 is 0 Å². The predicted octanol–water partition coefficient (Wildman–Crippen LogP) is 2.67. The Morgan fingerprint density at radius 1 is 1.42 bits per heavy atom. The van der Waals surface area contributed by atoms with Crippen molar-refractivity contribution in [1.29, 1.82) is 0 Å². The molecule has 7 heteroatoms. The first-order chi connectivity index (χ1) is 8.69. The van der Waals surface area contributed by atoms with Gasteiger partial charge in [0.25, 0.3) is 0 Å². The van der Waals surface area contributed by atoms with E-state index in [1.54, 1.807) is 26.8 Å². The van der Waals surface area contributed by atoms with Crippen LogP contribution < -0.4 is 4.90 Å². The lowest BCUT2D eigenvalue weighted by Crippen LogP contribution is -2.40. The lowest BCUT2D eigenvalue weighted by Gasteiger charge is -2.25. The van der Waals surface area contributed by atoms with Gasteiger partial charge in [0.1, 0.15) is 18.0 Å². The largest absolute Gasteiger partial charge is 0.480 e. The molecule has 6 nitrogen and oxygen atoms in total. The van der Waals surface area contributed by atoms with Crippen molar-refractivity contribution in [1.82, 2.24) is 4.98 Å². The van der Waals surface area contributed by atoms with Gasteiger partial charge in [0.2, 0.25) is 0 Å². The number of hydrogen-bond donors (Lipinski definition) is 1. The zero-order valence-electron chi connectivity index (χ0n) is 10.9. The summed E-state index contributed by atoms with van der Waals surface area (Å²) in [5, 5.41) is 8.86. The van der Waals surface area contributed by atoms with E-state index in [1.165, 1.54) is 12.3 Å². The summed E-state index contributed by atoms with van der Waals surface area (Å²) >= 11 is 3.22. The second-order valence-electron chi connectivity index (χ2n) is 4.79. The summed E-state index contributed by atoms with van der Waals surface area (Å²) < 4.78 is 5.89. The first kappa shape index (κ1) is 15.4. The van der Waals surface area contributed by atoms with E-state index in [0.29, 0.717) is 0 Å². The molecule has 1 aromatic rings. The van der Waals surface area contributed by atoms with Crippen molar-refractivity contribution in [2.75, 3.05) is 11.4 Å². The van der Waals surface area contributed by atoms with Crippen LogP contribution in [0.2, 0.25) is 0 Å². The fraction of sp³-hybridized carbons (Fsp3) is 0.417. The molecule has 0 bridgehead atoms. The Bertz CT molecular complexity index is 468. The van der Waals surface area contributed by atoms with Gasteiger partial charge in [0.05, 0.1) is 0 Å². The van der Waals surface area contributed by atoms with Crippen molar-refractivity contribution >= 4 is 33.8 Å². The van der Waals surface area contributed by atoms with Crippen LogP contribution in [-0.4, -0.2) is 34.3 Å². The second kappa shape index (κ2) is 6.01. The van der Waals surface area contributed by atoms with Crippen molar-refractivity contribution < 1.29 is 19.4 Å². The van der Waals surface area contributed by atoms with Gasteiger partial charge in [0, 0.05) is 10.7 Å². The SMILES string of the molecule is CC(C)(C)OC(=O)N(CC(=O)O)c1ccc(Br)cn1. The van der Waals surface area contributed by atoms with E-state index in [0.717, 1.165) is 9.37 Å². The highest BCUT2D eigenvalue weighted by Gasteiger charge is 2.25. The maximum atomic E-state index is 12.0. The third-order valence-electron chi connectivity index (χ3n) is 1.90. The quantitative estimate of drug-likeness (QED) is 0.921. The summed E-state index contributed by atoms with van der Waals surface area (Å²) in [4.78, 5) is 27.8. The molecule has 1 aromatic heterocycles. The predicted molar refractivity (Wildman–Crippen MR) is 73.2 cm³/mol. The number of carbonyl (C=O) groups excluding carboxylic acids is 1. The third-order valence-corrected chi connectivity index (χ3v) is 2.36. The Hall–Kier alpha value is -1.63. The van der Waals surface area contributed by atoms with Crippen LogP contribution in [0.1, 0.15) is 20.8 Å². The van der Waals surface area contributed by atoms with Gasteiger partial charge in [-0.2, -0.15) is 0 Å². The minimum absolute atomic E-state index is 0.222. The normalized spacial score (nSPS) is 10.9. The molecule has 0 unspecified atom stereocenters. The summed E-state index contributed by atoms with van der Waals surface area (Å²) in [5.41, 5.74) is -0.705. The second-order valence-corrected chi connectivity index (χ2v) is 5.71. The van der Waals surface area contributed by atoms with Crippen LogP contribution in [0.3, 0.4) is 0 Å². The van der Waals surface area contributed by atoms with Gasteiger partial charge in [0.15, 0.2) is 0 Å². The van der Waals surface area contributed by atoms with Crippen molar-refractivity contribution in [3.8, 4) is 0 Å². The minimum Gasteiger partial charge on any atom is -0.480 e. The number of aromatic nitrogens is 1. The average Bonchev–Trinajstić information content (AvgIpc) is 2.24. The highest BCUT2D eigenvalue weighted by atomic mass is 79.9. The number of rotatable bonds is 3. The van der Waals surface area contributed by atoms with E-state index in [-0.39, 0.29) is 5.82 Å². The molecule has 1 rings (SSSR count). The summed E-state index contributed by atoms with van der Waals surface area (Å²) in [6.45, 7) is 4.61. The van der Waals surface area contributed by atoms with Crippen LogP contribution in [-0.2, 0) is 9.53 Å². The van der Waals surface area contributed by atoms with E-state index < -0.39 is 24.2 Å². The fourth-order valence-corrected chi connectivity index (χ4v) is 1.45. The van der Waals surface area contributed by atoms with Gasteiger partial charge in [-0.3, -0.25) is 9.69 Å². The molecule has 19 heavy (non-hydrogen) atoms. The number of carboxylic acids is 1. The molecule has 1 heterocycles. The zero-order valence-corrected chi connectivity index (χ0v) is 12.5. The van der Waals surface area contributed by atoms with E-state index in [9.17, 15) is 9.59 Å². The maximum Gasteiger partial charge on any atom is 0.416 e. The van der Waals surface area contributed by atoms with E-state index in [2.05, 4.69) is 20.9 Å². The smallest absolute Gasteiger partial charge is 0.416 e. The van der Waals surface area contributed by atoms with Gasteiger partial charge < -0.3 is 9.84 Å². The summed E-state index contributed by atoms with van der Waals surface area (Å²) in [6.07, 6.45) is 0.735. The molecule has 0 saturated carbocycles. The molecule has 0 atom stereocenters. The van der Waals surface area contributed by atoms with Crippen molar-refractivity contribution in [2.24, 2.45) is 0 Å². The number of carbonyl (C=O) groups is 2. The van der Waals surface area contributed by atoms with Gasteiger partial charge in [-0.25, -0.2) is 9.78 Å². The van der Waals surface area contributed by atoms with E-state index in [4.69, 9.17) is 9.84 Å². The lowest BCUT2D eigenvalue weighted by molar-refractivity contribution is -0.135. The molecule has 0 spiro atoms. The fourth-order valence-electron chi connectivity index (χ4n) is 1.22. The maximum absolute atomic E-state index is 12.0. The number of pyridine rings is 1. The molecule has 0 aromatic carbocycles. The van der Waals surface area contributed by atoms with Gasteiger partial charge in [-0.05, 0) is 48.8 Å². The Morgan fingerprint density at radius 2 is 2.05 bits per heavy atom. The molecule has 0 radical (unpaired) electrons. The monoisotopic (exact) mass is 330 g/mol. The lowest BCUT2D eigenvalue weighted by atomic mass is 10.2. The molecular weight excluding hydrogens is 316 g/mol. The number of carboxylic acid groups (broad SMARTS) is 1. The van der Waals surface area contributed by atoms with Crippen LogP contribution >= 0.6 is 15.9 Å². The first-order valence-electron chi connectivity index (χ1n) is 5.53. The zero-order chi connectivity index (χ0) is 14.6. The highest BCUT2D eigenvalue weighted by molar-refractivity contribution is 9.10. The molecule has 0 fully saturated rings.